The van der Waals surface area contributed by atoms with Gasteiger partial charge in [-0.2, -0.15) is 0 Å². The summed E-state index contributed by atoms with van der Waals surface area (Å²) < 4.78 is 6.16. The molecule has 1 aliphatic heterocycles. The largest absolute Gasteiger partial charge is 0.469 e. The zero-order valence-electron chi connectivity index (χ0n) is 11.4. The van der Waals surface area contributed by atoms with Crippen LogP contribution >= 0.6 is 8.15 Å². The first-order valence-corrected chi connectivity index (χ1v) is 8.48. The number of fused-ring (bicyclic) bond motifs is 2. The van der Waals surface area contributed by atoms with E-state index in [1.54, 1.807) is 0 Å². The maximum Gasteiger partial charge on any atom is 0.124 e. The van der Waals surface area contributed by atoms with E-state index in [9.17, 15) is 0 Å². The maximum atomic E-state index is 6.16. The predicted molar refractivity (Wildman–Crippen MR) is 85.4 cm³/mol. The highest BCUT2D eigenvalue weighted by Crippen LogP contribution is 2.54. The fourth-order valence-electron chi connectivity index (χ4n) is 3.27. The molecule has 1 aliphatic carbocycles. The van der Waals surface area contributed by atoms with Crippen molar-refractivity contribution in [2.45, 2.75) is 24.9 Å². The van der Waals surface area contributed by atoms with Gasteiger partial charge in [-0.05, 0) is 30.4 Å². The van der Waals surface area contributed by atoms with Crippen molar-refractivity contribution in [3.8, 4) is 0 Å². The van der Waals surface area contributed by atoms with Gasteiger partial charge in [0.25, 0.3) is 0 Å². The second-order valence-corrected chi connectivity index (χ2v) is 7.57. The second kappa shape index (κ2) is 4.75. The van der Waals surface area contributed by atoms with E-state index in [0.717, 1.165) is 12.2 Å². The monoisotopic (exact) mass is 280 g/mol. The number of benzene rings is 2. The van der Waals surface area contributed by atoms with Gasteiger partial charge in [0.2, 0.25) is 0 Å². The van der Waals surface area contributed by atoms with Gasteiger partial charge in [0.1, 0.15) is 13.9 Å². The van der Waals surface area contributed by atoms with Crippen molar-refractivity contribution < 1.29 is 4.52 Å². The van der Waals surface area contributed by atoms with E-state index in [1.807, 2.05) is 0 Å². The molecule has 0 radical (unpaired) electrons. The van der Waals surface area contributed by atoms with Gasteiger partial charge in [0, 0.05) is 16.5 Å². The molecular formula is C18H17OP. The highest BCUT2D eigenvalue weighted by Gasteiger charge is 2.35. The second-order valence-electron chi connectivity index (χ2n) is 5.52. The Morgan fingerprint density at radius 2 is 1.75 bits per heavy atom. The molecular weight excluding hydrogens is 263 g/mol. The Balaban J connectivity index is 1.66. The summed E-state index contributed by atoms with van der Waals surface area (Å²) in [6, 6.07) is 17.4. The van der Waals surface area contributed by atoms with Crippen LogP contribution in [0.25, 0.3) is 5.76 Å². The van der Waals surface area contributed by atoms with Crippen LogP contribution in [0.1, 0.15) is 23.1 Å². The van der Waals surface area contributed by atoms with Crippen molar-refractivity contribution in [3.63, 3.8) is 0 Å². The Hall–Kier alpha value is -1.59. The molecule has 0 spiro atoms. The highest BCUT2D eigenvalue weighted by molar-refractivity contribution is 7.62. The highest BCUT2D eigenvalue weighted by atomic mass is 31.1. The third kappa shape index (κ3) is 1.89. The molecule has 1 nitrogen and oxygen atoms in total. The van der Waals surface area contributed by atoms with E-state index in [-0.39, 0.29) is 0 Å². The van der Waals surface area contributed by atoms with Crippen LogP contribution in [-0.2, 0) is 17.4 Å². The summed E-state index contributed by atoms with van der Waals surface area (Å²) in [6.07, 6.45) is 3.55. The minimum Gasteiger partial charge on any atom is -0.469 e. The Bertz CT molecular complexity index is 677. The van der Waals surface area contributed by atoms with Gasteiger partial charge in [-0.1, -0.05) is 55.1 Å². The minimum atomic E-state index is -0.542. The van der Waals surface area contributed by atoms with Crippen LogP contribution in [0.3, 0.4) is 0 Å². The smallest absolute Gasteiger partial charge is 0.124 e. The quantitative estimate of drug-likeness (QED) is 0.709. The molecule has 4 rings (SSSR count). The number of rotatable bonds is 1. The van der Waals surface area contributed by atoms with Crippen LogP contribution < -0.4 is 5.30 Å². The summed E-state index contributed by atoms with van der Waals surface area (Å²) in [5, 5.41) is 1.39. The average Bonchev–Trinajstić information content (AvgIpc) is 2.85. The molecule has 2 aliphatic rings. The summed E-state index contributed by atoms with van der Waals surface area (Å²) in [5.74, 6) is 0.866. The average molecular weight is 280 g/mol. The van der Waals surface area contributed by atoms with E-state index in [1.165, 1.54) is 34.8 Å². The zero-order valence-corrected chi connectivity index (χ0v) is 12.3. The van der Waals surface area contributed by atoms with Crippen LogP contribution in [0.5, 0.6) is 0 Å². The Morgan fingerprint density at radius 3 is 2.65 bits per heavy atom. The van der Waals surface area contributed by atoms with Crippen molar-refractivity contribution in [2.24, 2.45) is 0 Å². The molecule has 0 fully saturated rings. The molecule has 0 amide bonds. The lowest BCUT2D eigenvalue weighted by atomic mass is 9.91. The van der Waals surface area contributed by atoms with Crippen molar-refractivity contribution in [3.05, 3.63) is 71.8 Å². The predicted octanol–water partition coefficient (Wildman–Crippen LogP) is 4.27. The normalized spacial score (nSPS) is 23.9. The Kier molecular flexibility index (Phi) is 2.89. The number of hydrogen-bond acceptors (Lipinski definition) is 1. The van der Waals surface area contributed by atoms with Crippen LogP contribution in [-0.4, -0.2) is 5.66 Å². The van der Waals surface area contributed by atoms with Gasteiger partial charge >= 0.3 is 0 Å². The molecule has 0 saturated carbocycles. The third-order valence-electron chi connectivity index (χ3n) is 4.30. The molecule has 20 heavy (non-hydrogen) atoms. The molecule has 2 aromatic carbocycles. The van der Waals surface area contributed by atoms with E-state index in [4.69, 9.17) is 4.52 Å². The molecule has 0 bridgehead atoms. The zero-order chi connectivity index (χ0) is 13.5. The summed E-state index contributed by atoms with van der Waals surface area (Å²) in [4.78, 5) is 0. The van der Waals surface area contributed by atoms with Crippen LogP contribution in [0, 0.1) is 0 Å². The standard InChI is InChI=1S/C18H17OP/c1-13-17-8-4-5-9-18(17)20(19-13)16-11-10-14-6-2-3-7-15(14)12-16/h2-9,16H,1,10-12H2. The number of hydrogen-bond donors (Lipinski definition) is 0. The topological polar surface area (TPSA) is 9.23 Å². The maximum absolute atomic E-state index is 6.16. The molecule has 2 heteroatoms. The van der Waals surface area contributed by atoms with Crippen LogP contribution in [0.2, 0.25) is 0 Å². The first-order chi connectivity index (χ1) is 9.83. The van der Waals surface area contributed by atoms with Crippen molar-refractivity contribution in [1.29, 1.82) is 0 Å². The van der Waals surface area contributed by atoms with Gasteiger partial charge in [-0.25, -0.2) is 0 Å². The Morgan fingerprint density at radius 1 is 1.00 bits per heavy atom. The molecule has 0 N–H and O–H groups in total. The summed E-state index contributed by atoms with van der Waals surface area (Å²) >= 11 is 0. The number of aryl methyl sites for hydroxylation is 1. The van der Waals surface area contributed by atoms with E-state index in [0.29, 0.717) is 5.66 Å². The van der Waals surface area contributed by atoms with Gasteiger partial charge in [-0.3, -0.25) is 0 Å². The van der Waals surface area contributed by atoms with Gasteiger partial charge in [-0.15, -0.1) is 0 Å². The molecule has 2 unspecified atom stereocenters. The molecule has 100 valence electrons. The van der Waals surface area contributed by atoms with Gasteiger partial charge in [0.15, 0.2) is 0 Å². The first kappa shape index (κ1) is 12.2. The molecule has 0 aromatic heterocycles. The van der Waals surface area contributed by atoms with Gasteiger partial charge in [0.05, 0.1) is 0 Å². The SMILES string of the molecule is C=C1OP(C2CCc3ccccc3C2)c2ccccc21. The minimum absolute atomic E-state index is 0.542. The van der Waals surface area contributed by atoms with E-state index < -0.39 is 8.15 Å². The fraction of sp³-hybridized carbons (Fsp3) is 0.222. The summed E-state index contributed by atoms with van der Waals surface area (Å²) in [5.41, 5.74) is 4.87. The van der Waals surface area contributed by atoms with Crippen LogP contribution in [0.4, 0.5) is 0 Å². The third-order valence-corrected chi connectivity index (χ3v) is 6.69. The lowest BCUT2D eigenvalue weighted by molar-refractivity contribution is 0.560. The van der Waals surface area contributed by atoms with E-state index in [2.05, 4.69) is 55.1 Å². The Labute approximate surface area is 121 Å². The lowest BCUT2D eigenvalue weighted by Gasteiger charge is -2.28. The molecule has 1 heterocycles. The lowest BCUT2D eigenvalue weighted by Crippen LogP contribution is -2.21. The van der Waals surface area contributed by atoms with Crippen molar-refractivity contribution >= 4 is 19.2 Å². The van der Waals surface area contributed by atoms with E-state index >= 15 is 0 Å². The summed E-state index contributed by atoms with van der Waals surface area (Å²) in [6.45, 7) is 4.08. The molecule has 2 atom stereocenters. The molecule has 0 saturated heterocycles. The van der Waals surface area contributed by atoms with Crippen molar-refractivity contribution in [1.82, 2.24) is 0 Å². The van der Waals surface area contributed by atoms with Crippen LogP contribution in [0.15, 0.2) is 55.1 Å². The fourth-order valence-corrected chi connectivity index (χ4v) is 5.64. The van der Waals surface area contributed by atoms with Crippen molar-refractivity contribution in [2.75, 3.05) is 0 Å². The van der Waals surface area contributed by atoms with Gasteiger partial charge < -0.3 is 4.52 Å². The summed E-state index contributed by atoms with van der Waals surface area (Å²) in [7, 11) is -0.542. The first-order valence-electron chi connectivity index (χ1n) is 7.15. The molecule has 2 aromatic rings.